The number of amides is 1. The third-order valence-electron chi connectivity index (χ3n) is 3.47. The van der Waals surface area contributed by atoms with E-state index in [0.717, 1.165) is 19.5 Å². The van der Waals surface area contributed by atoms with Crippen LogP contribution in [0.2, 0.25) is 0 Å². The lowest BCUT2D eigenvalue weighted by Gasteiger charge is -2.16. The van der Waals surface area contributed by atoms with Crippen molar-refractivity contribution in [3.8, 4) is 0 Å². The Bertz CT molecular complexity index is 598. The van der Waals surface area contributed by atoms with Crippen LogP contribution < -0.4 is 11.1 Å². The molecule has 2 rings (SSSR count). The van der Waals surface area contributed by atoms with Gasteiger partial charge < -0.3 is 16.0 Å². The van der Waals surface area contributed by atoms with E-state index in [2.05, 4.69) is 29.4 Å². The highest BCUT2D eigenvalue weighted by atomic mass is 16.1. The summed E-state index contributed by atoms with van der Waals surface area (Å²) in [5.41, 5.74) is 8.37. The minimum Gasteiger partial charge on any atom is -0.397 e. The topological polar surface area (TPSA) is 58.4 Å². The summed E-state index contributed by atoms with van der Waals surface area (Å²) in [6.45, 7) is 1.78. The van der Waals surface area contributed by atoms with Gasteiger partial charge in [-0.1, -0.05) is 42.5 Å². The second-order valence-electron chi connectivity index (χ2n) is 5.46. The molecule has 0 saturated carbocycles. The number of hydrogen-bond donors (Lipinski definition) is 2. The van der Waals surface area contributed by atoms with Crippen LogP contribution in [-0.2, 0) is 11.3 Å². The van der Waals surface area contributed by atoms with Crippen LogP contribution in [-0.4, -0.2) is 24.4 Å². The Morgan fingerprint density at radius 3 is 2.50 bits per heavy atom. The fourth-order valence-corrected chi connectivity index (χ4v) is 2.31. The van der Waals surface area contributed by atoms with Gasteiger partial charge in [0.15, 0.2) is 0 Å². The maximum absolute atomic E-state index is 11.9. The summed E-state index contributed by atoms with van der Waals surface area (Å²) in [6, 6.07) is 17.6. The molecular formula is C18H23N3O. The Kier molecular flexibility index (Phi) is 5.98. The van der Waals surface area contributed by atoms with E-state index in [1.807, 2.05) is 36.4 Å². The van der Waals surface area contributed by atoms with E-state index in [-0.39, 0.29) is 5.91 Å². The second kappa shape index (κ2) is 8.20. The largest absolute Gasteiger partial charge is 0.397 e. The second-order valence-corrected chi connectivity index (χ2v) is 5.46. The van der Waals surface area contributed by atoms with Crippen molar-refractivity contribution in [3.05, 3.63) is 60.2 Å². The number of carbonyl (C=O) groups excluding carboxylic acids is 1. The van der Waals surface area contributed by atoms with Gasteiger partial charge in [-0.25, -0.2) is 0 Å². The number of nitrogens with zero attached hydrogens (tertiary/aromatic N) is 1. The summed E-state index contributed by atoms with van der Waals surface area (Å²) in [5, 5.41) is 2.85. The first-order valence-electron chi connectivity index (χ1n) is 7.52. The minimum absolute atomic E-state index is 0.00557. The van der Waals surface area contributed by atoms with Crippen LogP contribution in [0.1, 0.15) is 18.4 Å². The average Bonchev–Trinajstić information content (AvgIpc) is 2.50. The van der Waals surface area contributed by atoms with Gasteiger partial charge in [-0.05, 0) is 37.7 Å². The summed E-state index contributed by atoms with van der Waals surface area (Å²) in [4.78, 5) is 14.1. The molecule has 0 saturated heterocycles. The number of nitrogens with two attached hydrogens (primary N) is 1. The maximum atomic E-state index is 11.9. The van der Waals surface area contributed by atoms with Crippen molar-refractivity contribution in [2.75, 3.05) is 24.6 Å². The molecule has 0 heterocycles. The standard InChI is InChI=1S/C18H23N3O/c1-21(14-15-8-3-2-4-9-15)13-7-12-18(22)20-17-11-6-5-10-16(17)19/h2-6,8-11H,7,12-14,19H2,1H3,(H,20,22). The molecule has 116 valence electrons. The van der Waals surface area contributed by atoms with Crippen LogP contribution in [0.25, 0.3) is 0 Å². The Balaban J connectivity index is 1.70. The first-order chi connectivity index (χ1) is 10.6. The van der Waals surface area contributed by atoms with Gasteiger partial charge in [0.1, 0.15) is 0 Å². The van der Waals surface area contributed by atoms with E-state index in [0.29, 0.717) is 17.8 Å². The van der Waals surface area contributed by atoms with Gasteiger partial charge >= 0.3 is 0 Å². The highest BCUT2D eigenvalue weighted by Gasteiger charge is 2.06. The Labute approximate surface area is 131 Å². The smallest absolute Gasteiger partial charge is 0.224 e. The number of nitrogens with one attached hydrogen (secondary N) is 1. The van der Waals surface area contributed by atoms with Gasteiger partial charge in [-0.2, -0.15) is 0 Å². The van der Waals surface area contributed by atoms with E-state index < -0.39 is 0 Å². The van der Waals surface area contributed by atoms with Crippen molar-refractivity contribution in [3.63, 3.8) is 0 Å². The zero-order valence-corrected chi connectivity index (χ0v) is 13.0. The molecule has 3 N–H and O–H groups in total. The molecule has 0 spiro atoms. The molecular weight excluding hydrogens is 274 g/mol. The minimum atomic E-state index is 0.00557. The Morgan fingerprint density at radius 1 is 1.09 bits per heavy atom. The predicted octanol–water partition coefficient (Wildman–Crippen LogP) is 3.12. The summed E-state index contributed by atoms with van der Waals surface area (Å²) in [7, 11) is 2.07. The average molecular weight is 297 g/mol. The van der Waals surface area contributed by atoms with Crippen LogP contribution in [0.15, 0.2) is 54.6 Å². The SMILES string of the molecule is CN(CCCC(=O)Nc1ccccc1N)Cc1ccccc1. The molecule has 2 aromatic carbocycles. The van der Waals surface area contributed by atoms with Crippen LogP contribution in [0.3, 0.4) is 0 Å². The van der Waals surface area contributed by atoms with Gasteiger partial charge in [0, 0.05) is 13.0 Å². The summed E-state index contributed by atoms with van der Waals surface area (Å²) < 4.78 is 0. The monoisotopic (exact) mass is 297 g/mol. The van der Waals surface area contributed by atoms with Gasteiger partial charge in [-0.3, -0.25) is 4.79 Å². The van der Waals surface area contributed by atoms with E-state index in [4.69, 9.17) is 5.73 Å². The number of rotatable bonds is 7. The molecule has 2 aromatic rings. The number of anilines is 2. The first kappa shape index (κ1) is 16.0. The lowest BCUT2D eigenvalue weighted by atomic mass is 10.2. The fraction of sp³-hybridized carbons (Fsp3) is 0.278. The maximum Gasteiger partial charge on any atom is 0.224 e. The first-order valence-corrected chi connectivity index (χ1v) is 7.52. The highest BCUT2D eigenvalue weighted by molar-refractivity contribution is 5.93. The molecule has 22 heavy (non-hydrogen) atoms. The van der Waals surface area contributed by atoms with E-state index in [1.165, 1.54) is 5.56 Å². The fourth-order valence-electron chi connectivity index (χ4n) is 2.31. The molecule has 4 heteroatoms. The van der Waals surface area contributed by atoms with Crippen LogP contribution in [0, 0.1) is 0 Å². The Hall–Kier alpha value is -2.33. The van der Waals surface area contributed by atoms with Gasteiger partial charge in [0.05, 0.1) is 11.4 Å². The van der Waals surface area contributed by atoms with Crippen LogP contribution in [0.4, 0.5) is 11.4 Å². The number of carbonyl (C=O) groups is 1. The van der Waals surface area contributed by atoms with Crippen molar-refractivity contribution in [2.45, 2.75) is 19.4 Å². The zero-order valence-electron chi connectivity index (χ0n) is 13.0. The molecule has 0 aliphatic rings. The van der Waals surface area contributed by atoms with Gasteiger partial charge in [0.25, 0.3) is 0 Å². The molecule has 0 radical (unpaired) electrons. The molecule has 0 aliphatic heterocycles. The normalized spacial score (nSPS) is 10.6. The van der Waals surface area contributed by atoms with Crippen molar-refractivity contribution < 1.29 is 4.79 Å². The molecule has 0 unspecified atom stereocenters. The molecule has 0 bridgehead atoms. The number of hydrogen-bond acceptors (Lipinski definition) is 3. The summed E-state index contributed by atoms with van der Waals surface area (Å²) in [6.07, 6.45) is 1.31. The third-order valence-corrected chi connectivity index (χ3v) is 3.47. The number of nitrogen functional groups attached to an aromatic ring is 1. The van der Waals surface area contributed by atoms with Crippen molar-refractivity contribution in [1.29, 1.82) is 0 Å². The molecule has 1 amide bonds. The Morgan fingerprint density at radius 2 is 1.77 bits per heavy atom. The third kappa shape index (κ3) is 5.22. The van der Waals surface area contributed by atoms with E-state index >= 15 is 0 Å². The van der Waals surface area contributed by atoms with E-state index in [9.17, 15) is 4.79 Å². The van der Waals surface area contributed by atoms with Crippen LogP contribution >= 0.6 is 0 Å². The lowest BCUT2D eigenvalue weighted by molar-refractivity contribution is -0.116. The summed E-state index contributed by atoms with van der Waals surface area (Å²) in [5.74, 6) is 0.00557. The highest BCUT2D eigenvalue weighted by Crippen LogP contribution is 2.17. The zero-order chi connectivity index (χ0) is 15.8. The summed E-state index contributed by atoms with van der Waals surface area (Å²) >= 11 is 0. The van der Waals surface area contributed by atoms with Gasteiger partial charge in [-0.15, -0.1) is 0 Å². The molecule has 4 nitrogen and oxygen atoms in total. The number of benzene rings is 2. The number of para-hydroxylation sites is 2. The van der Waals surface area contributed by atoms with Crippen molar-refractivity contribution in [1.82, 2.24) is 4.90 Å². The van der Waals surface area contributed by atoms with Gasteiger partial charge in [0.2, 0.25) is 5.91 Å². The van der Waals surface area contributed by atoms with Crippen molar-refractivity contribution >= 4 is 17.3 Å². The van der Waals surface area contributed by atoms with Crippen LogP contribution in [0.5, 0.6) is 0 Å². The molecule has 0 atom stereocenters. The van der Waals surface area contributed by atoms with E-state index in [1.54, 1.807) is 6.07 Å². The van der Waals surface area contributed by atoms with Crippen molar-refractivity contribution in [2.24, 2.45) is 0 Å². The molecule has 0 aliphatic carbocycles. The quantitative estimate of drug-likeness (QED) is 0.772. The molecule has 0 fully saturated rings. The molecule has 0 aromatic heterocycles. The predicted molar refractivity (Wildman–Crippen MR) is 91.5 cm³/mol. The lowest BCUT2D eigenvalue weighted by Crippen LogP contribution is -2.21.